The lowest BCUT2D eigenvalue weighted by atomic mass is 9.70. The lowest BCUT2D eigenvalue weighted by Gasteiger charge is -2.42. The maximum absolute atomic E-state index is 14.3. The van der Waals surface area contributed by atoms with Crippen molar-refractivity contribution in [2.24, 2.45) is 11.8 Å². The number of hydrogen-bond acceptors (Lipinski definition) is 5. The van der Waals surface area contributed by atoms with Crippen molar-refractivity contribution in [2.45, 2.75) is 79.8 Å². The molecule has 3 fully saturated rings. The number of likely N-dealkylation sites (tertiary alicyclic amines) is 1. The van der Waals surface area contributed by atoms with Crippen molar-refractivity contribution in [3.8, 4) is 0 Å². The van der Waals surface area contributed by atoms with Crippen molar-refractivity contribution in [2.75, 3.05) is 32.8 Å². The number of nitrogens with zero attached hydrogens (tertiary/aromatic N) is 3. The summed E-state index contributed by atoms with van der Waals surface area (Å²) in [5.74, 6) is -1.21. The predicted octanol–water partition coefficient (Wildman–Crippen LogP) is 3.46. The Morgan fingerprint density at radius 1 is 1.22 bits per heavy atom. The van der Waals surface area contributed by atoms with Gasteiger partial charge in [-0.1, -0.05) is 35.0 Å². The third-order valence-corrected chi connectivity index (χ3v) is 10.9. The van der Waals surface area contributed by atoms with Gasteiger partial charge < -0.3 is 19.8 Å². The van der Waals surface area contributed by atoms with Gasteiger partial charge in [0.05, 0.1) is 16.6 Å². The monoisotopic (exact) mass is 583 g/mol. The van der Waals surface area contributed by atoms with Gasteiger partial charge in [0.1, 0.15) is 6.04 Å². The third-order valence-electron chi connectivity index (χ3n) is 7.66. The van der Waals surface area contributed by atoms with Crippen LogP contribution in [0.2, 0.25) is 0 Å². The molecule has 3 aliphatic rings. The number of aliphatic hydroxyl groups excluding tert-OH is 1. The fourth-order valence-corrected chi connectivity index (χ4v) is 9.82. The Bertz CT molecular complexity index is 878. The van der Waals surface area contributed by atoms with Crippen LogP contribution in [0.4, 0.5) is 0 Å². The highest BCUT2D eigenvalue weighted by Gasteiger charge is 2.76. The summed E-state index contributed by atoms with van der Waals surface area (Å²) >= 11 is 5.51. The van der Waals surface area contributed by atoms with Gasteiger partial charge in [-0.05, 0) is 46.5 Å². The number of fused-ring (bicyclic) bond motifs is 1. The Kier molecular flexibility index (Phi) is 9.42. The average molecular weight is 585 g/mol. The smallest absolute Gasteiger partial charge is 0.247 e. The third kappa shape index (κ3) is 5.04. The summed E-state index contributed by atoms with van der Waals surface area (Å²) in [6.07, 6.45) is 6.10. The first-order valence-corrected chi connectivity index (χ1v) is 14.8. The number of thioether (sulfide) groups is 1. The summed E-state index contributed by atoms with van der Waals surface area (Å²) in [4.78, 5) is 47.7. The molecule has 0 radical (unpaired) electrons. The number of rotatable bonds is 12. The van der Waals surface area contributed by atoms with E-state index in [0.29, 0.717) is 45.4 Å². The maximum Gasteiger partial charge on any atom is 0.247 e. The molecule has 0 aliphatic carbocycles. The number of amides is 3. The molecule has 202 valence electrons. The molecule has 7 nitrogen and oxygen atoms in total. The van der Waals surface area contributed by atoms with Gasteiger partial charge in [0.2, 0.25) is 17.7 Å². The zero-order valence-corrected chi connectivity index (χ0v) is 24.5. The first-order valence-electron chi connectivity index (χ1n) is 13.0. The number of aliphatic hydroxyl groups is 1. The normalized spacial score (nSPS) is 30.9. The van der Waals surface area contributed by atoms with Gasteiger partial charge in [0, 0.05) is 48.4 Å². The van der Waals surface area contributed by atoms with Crippen LogP contribution in [0.25, 0.3) is 0 Å². The molecule has 3 rings (SSSR count). The van der Waals surface area contributed by atoms with E-state index in [9.17, 15) is 19.5 Å². The number of carbonyl (C=O) groups is 3. The average Bonchev–Trinajstić information content (AvgIpc) is 3.39. The fraction of sp³-hybridized carbons (Fsp3) is 0.741. The van der Waals surface area contributed by atoms with Crippen LogP contribution in [0.15, 0.2) is 25.3 Å². The Balaban J connectivity index is 2.08. The van der Waals surface area contributed by atoms with Gasteiger partial charge in [-0.3, -0.25) is 14.4 Å². The number of unbranched alkanes of at least 4 members (excludes halogenated alkanes) is 1. The standard InChI is InChI=1S/C27H42BrN3O4S/c1-7-12-29(13-8-2)23(33)19-20-24(34)30(15-10-11-16-32)22(27(20)17-18(28)21(19)36-27)25(35)31(14-9-3)26(4,5)6/h7,9,18-22,32H,1,3,8,10-17H2,2,4-6H3/t18?,19-,20-,21-,22?,27?/m0/s1. The van der Waals surface area contributed by atoms with Crippen LogP contribution in [0, 0.1) is 11.8 Å². The number of halogens is 1. The minimum absolute atomic E-state index is 0.0131. The summed E-state index contributed by atoms with van der Waals surface area (Å²) in [5, 5.41) is 9.30. The van der Waals surface area contributed by atoms with Gasteiger partial charge in [-0.25, -0.2) is 0 Å². The van der Waals surface area contributed by atoms with Gasteiger partial charge in [0.25, 0.3) is 0 Å². The Labute approximate surface area is 228 Å². The first kappa shape index (κ1) is 29.2. The minimum Gasteiger partial charge on any atom is -0.396 e. The van der Waals surface area contributed by atoms with Gasteiger partial charge in [-0.15, -0.1) is 24.9 Å². The van der Waals surface area contributed by atoms with Crippen LogP contribution in [-0.4, -0.2) is 96.7 Å². The van der Waals surface area contributed by atoms with Crippen LogP contribution in [-0.2, 0) is 14.4 Å². The highest BCUT2D eigenvalue weighted by molar-refractivity contribution is 9.09. The number of hydrogen-bond donors (Lipinski definition) is 1. The van der Waals surface area contributed by atoms with Crippen LogP contribution >= 0.6 is 27.7 Å². The molecule has 2 bridgehead atoms. The molecule has 3 aliphatic heterocycles. The van der Waals surface area contributed by atoms with Crippen LogP contribution in [0.3, 0.4) is 0 Å². The van der Waals surface area contributed by atoms with Crippen molar-refractivity contribution >= 4 is 45.4 Å². The molecule has 0 aromatic heterocycles. The number of alkyl halides is 1. The first-order chi connectivity index (χ1) is 17.0. The molecule has 0 aromatic rings. The van der Waals surface area contributed by atoms with E-state index in [1.807, 2.05) is 37.5 Å². The predicted molar refractivity (Wildman–Crippen MR) is 149 cm³/mol. The minimum atomic E-state index is -0.663. The molecule has 3 unspecified atom stereocenters. The van der Waals surface area contributed by atoms with Crippen molar-refractivity contribution in [1.29, 1.82) is 0 Å². The second kappa shape index (κ2) is 11.6. The SMILES string of the molecule is C=CCN(CCC)C(=O)[C@H]1[C@H]2C(=O)N(CCCCO)C(C(=O)N(CC=C)C(C)(C)C)C23CC(Br)[C@@H]1S3. The summed E-state index contributed by atoms with van der Waals surface area (Å²) in [5.41, 5.74) is -0.452. The highest BCUT2D eigenvalue weighted by atomic mass is 79.9. The van der Waals surface area contributed by atoms with Crippen molar-refractivity contribution in [3.63, 3.8) is 0 Å². The molecule has 1 spiro atoms. The second-order valence-electron chi connectivity index (χ2n) is 11.1. The van der Waals surface area contributed by atoms with Crippen molar-refractivity contribution < 1.29 is 19.5 Å². The van der Waals surface area contributed by atoms with Crippen LogP contribution in [0.1, 0.15) is 53.4 Å². The van der Waals surface area contributed by atoms with E-state index < -0.39 is 28.2 Å². The molecule has 0 saturated carbocycles. The lowest BCUT2D eigenvalue weighted by Crippen LogP contribution is -2.59. The molecular formula is C27H42BrN3O4S. The molecule has 3 heterocycles. The Hall–Kier alpha value is -1.32. The Morgan fingerprint density at radius 2 is 1.89 bits per heavy atom. The van der Waals surface area contributed by atoms with E-state index in [1.165, 1.54) is 0 Å². The quantitative estimate of drug-likeness (QED) is 0.216. The van der Waals surface area contributed by atoms with Crippen molar-refractivity contribution in [1.82, 2.24) is 14.7 Å². The van der Waals surface area contributed by atoms with E-state index >= 15 is 0 Å². The lowest BCUT2D eigenvalue weighted by molar-refractivity contribution is -0.146. The van der Waals surface area contributed by atoms with Gasteiger partial charge >= 0.3 is 0 Å². The summed E-state index contributed by atoms with van der Waals surface area (Å²) in [6, 6.07) is -0.653. The van der Waals surface area contributed by atoms with E-state index in [-0.39, 0.29) is 34.4 Å². The zero-order valence-electron chi connectivity index (χ0n) is 22.1. The molecule has 3 amide bonds. The van der Waals surface area contributed by atoms with Crippen LogP contribution in [0.5, 0.6) is 0 Å². The Morgan fingerprint density at radius 3 is 2.44 bits per heavy atom. The zero-order chi connectivity index (χ0) is 26.8. The highest BCUT2D eigenvalue weighted by Crippen LogP contribution is 2.68. The van der Waals surface area contributed by atoms with E-state index in [0.717, 1.165) is 6.42 Å². The molecule has 0 aromatic carbocycles. The summed E-state index contributed by atoms with van der Waals surface area (Å²) < 4.78 is -0.663. The fourth-order valence-electron chi connectivity index (χ4n) is 6.22. The van der Waals surface area contributed by atoms with Gasteiger partial charge in [-0.2, -0.15) is 0 Å². The molecular weight excluding hydrogens is 542 g/mol. The molecule has 3 saturated heterocycles. The van der Waals surface area contributed by atoms with Crippen LogP contribution < -0.4 is 0 Å². The molecule has 9 heteroatoms. The van der Waals surface area contributed by atoms with Crippen molar-refractivity contribution in [3.05, 3.63) is 25.3 Å². The van der Waals surface area contributed by atoms with E-state index in [2.05, 4.69) is 29.1 Å². The number of carbonyl (C=O) groups excluding carboxylic acids is 3. The maximum atomic E-state index is 14.3. The van der Waals surface area contributed by atoms with E-state index in [1.54, 1.807) is 28.8 Å². The largest absolute Gasteiger partial charge is 0.396 e. The molecule has 36 heavy (non-hydrogen) atoms. The summed E-state index contributed by atoms with van der Waals surface area (Å²) in [6.45, 7) is 17.6. The van der Waals surface area contributed by atoms with Gasteiger partial charge in [0.15, 0.2) is 0 Å². The topological polar surface area (TPSA) is 81.2 Å². The molecule has 6 atom stereocenters. The molecule has 1 N–H and O–H groups in total. The summed E-state index contributed by atoms with van der Waals surface area (Å²) in [7, 11) is 0. The van der Waals surface area contributed by atoms with E-state index in [4.69, 9.17) is 0 Å². The second-order valence-corrected chi connectivity index (χ2v) is 13.8.